The van der Waals surface area contributed by atoms with Crippen LogP contribution in [-0.2, 0) is 0 Å². The molecule has 0 aliphatic carbocycles. The highest BCUT2D eigenvalue weighted by atomic mass is 32.2. The number of nitrogens with zero attached hydrogens (tertiary/aromatic N) is 2. The molecule has 0 aromatic carbocycles. The number of aromatic hydroxyl groups is 1. The van der Waals surface area contributed by atoms with Crippen LogP contribution >= 0.6 is 11.8 Å². The molecular formula is C8H8N2OS. The Hall–Kier alpha value is -1.16. The third kappa shape index (κ3) is 1.04. The smallest absolute Gasteiger partial charge is 0.147 e. The van der Waals surface area contributed by atoms with Crippen LogP contribution in [-0.4, -0.2) is 21.0 Å². The fourth-order valence-corrected chi connectivity index (χ4v) is 1.60. The van der Waals surface area contributed by atoms with E-state index in [1.54, 1.807) is 16.9 Å². The first-order chi connectivity index (χ1) is 5.81. The summed E-state index contributed by atoms with van der Waals surface area (Å²) in [4.78, 5) is 0.878. The number of rotatable bonds is 1. The molecule has 0 unspecified atom stereocenters. The zero-order valence-corrected chi connectivity index (χ0v) is 7.38. The van der Waals surface area contributed by atoms with Crippen LogP contribution in [0.15, 0.2) is 29.4 Å². The predicted octanol–water partition coefficient (Wildman–Crippen LogP) is 1.76. The van der Waals surface area contributed by atoms with Gasteiger partial charge in [0.15, 0.2) is 0 Å². The van der Waals surface area contributed by atoms with E-state index in [4.69, 9.17) is 0 Å². The van der Waals surface area contributed by atoms with Gasteiger partial charge in [0.2, 0.25) is 0 Å². The lowest BCUT2D eigenvalue weighted by Gasteiger charge is -2.00. The maximum Gasteiger partial charge on any atom is 0.147 e. The lowest BCUT2D eigenvalue weighted by Crippen LogP contribution is -1.86. The molecule has 0 aliphatic heterocycles. The summed E-state index contributed by atoms with van der Waals surface area (Å²) in [5.74, 6) is 0.277. The van der Waals surface area contributed by atoms with E-state index in [1.807, 2.05) is 18.4 Å². The quantitative estimate of drug-likeness (QED) is 0.679. The molecule has 2 rings (SSSR count). The van der Waals surface area contributed by atoms with E-state index in [9.17, 15) is 5.11 Å². The summed E-state index contributed by atoms with van der Waals surface area (Å²) >= 11 is 1.52. The van der Waals surface area contributed by atoms with Crippen molar-refractivity contribution in [1.29, 1.82) is 0 Å². The van der Waals surface area contributed by atoms with E-state index in [0.29, 0.717) is 0 Å². The monoisotopic (exact) mass is 180 g/mol. The number of hydrogen-bond donors (Lipinski definition) is 1. The Balaban J connectivity index is 2.73. The highest BCUT2D eigenvalue weighted by Gasteiger charge is 2.01. The normalized spacial score (nSPS) is 10.8. The second-order valence-electron chi connectivity index (χ2n) is 2.43. The molecule has 0 aliphatic rings. The van der Waals surface area contributed by atoms with Crippen LogP contribution in [0.1, 0.15) is 0 Å². The van der Waals surface area contributed by atoms with E-state index < -0.39 is 0 Å². The molecule has 62 valence electrons. The summed E-state index contributed by atoms with van der Waals surface area (Å²) in [6, 6.07) is 3.81. The van der Waals surface area contributed by atoms with Gasteiger partial charge in [0.05, 0.1) is 16.6 Å². The first kappa shape index (κ1) is 7.49. The van der Waals surface area contributed by atoms with Crippen molar-refractivity contribution in [3.63, 3.8) is 0 Å². The Morgan fingerprint density at radius 1 is 1.58 bits per heavy atom. The summed E-state index contributed by atoms with van der Waals surface area (Å²) in [6.07, 6.45) is 5.25. The van der Waals surface area contributed by atoms with Crippen molar-refractivity contribution in [1.82, 2.24) is 9.61 Å². The third-order valence-electron chi connectivity index (χ3n) is 1.70. The molecule has 0 spiro atoms. The Bertz CT molecular complexity index is 410. The lowest BCUT2D eigenvalue weighted by molar-refractivity contribution is 0.457. The van der Waals surface area contributed by atoms with Crippen LogP contribution in [0.5, 0.6) is 5.75 Å². The van der Waals surface area contributed by atoms with E-state index >= 15 is 0 Å². The molecule has 1 N–H and O–H groups in total. The molecule has 2 aromatic heterocycles. The van der Waals surface area contributed by atoms with E-state index in [1.165, 1.54) is 11.8 Å². The fourth-order valence-electron chi connectivity index (χ4n) is 1.10. The van der Waals surface area contributed by atoms with Gasteiger partial charge in [-0.15, -0.1) is 11.8 Å². The van der Waals surface area contributed by atoms with Gasteiger partial charge in [-0.1, -0.05) is 0 Å². The molecule has 0 fully saturated rings. The van der Waals surface area contributed by atoms with E-state index in [-0.39, 0.29) is 5.75 Å². The van der Waals surface area contributed by atoms with Crippen molar-refractivity contribution in [3.05, 3.63) is 24.5 Å². The molecule has 0 radical (unpaired) electrons. The second-order valence-corrected chi connectivity index (χ2v) is 3.28. The molecule has 2 aromatic rings. The second kappa shape index (κ2) is 2.71. The number of thioether (sulfide) groups is 1. The molecule has 0 saturated heterocycles. The van der Waals surface area contributed by atoms with Gasteiger partial charge in [-0.05, 0) is 18.4 Å². The number of aromatic nitrogens is 2. The largest absolute Gasteiger partial charge is 0.505 e. The van der Waals surface area contributed by atoms with E-state index in [0.717, 1.165) is 10.4 Å². The van der Waals surface area contributed by atoms with Gasteiger partial charge < -0.3 is 5.11 Å². The van der Waals surface area contributed by atoms with Crippen molar-refractivity contribution in [2.24, 2.45) is 0 Å². The van der Waals surface area contributed by atoms with Crippen LogP contribution in [0.3, 0.4) is 0 Å². The Morgan fingerprint density at radius 2 is 2.42 bits per heavy atom. The highest BCUT2D eigenvalue weighted by molar-refractivity contribution is 7.98. The summed E-state index contributed by atoms with van der Waals surface area (Å²) in [7, 11) is 0. The van der Waals surface area contributed by atoms with Crippen LogP contribution in [0, 0.1) is 0 Å². The topological polar surface area (TPSA) is 37.5 Å². The average molecular weight is 180 g/mol. The Labute approximate surface area is 74.0 Å². The zero-order valence-electron chi connectivity index (χ0n) is 6.56. The maximum absolute atomic E-state index is 9.45. The predicted molar refractivity (Wildman–Crippen MR) is 48.6 cm³/mol. The van der Waals surface area contributed by atoms with E-state index in [2.05, 4.69) is 5.10 Å². The van der Waals surface area contributed by atoms with Crippen molar-refractivity contribution in [2.45, 2.75) is 4.90 Å². The van der Waals surface area contributed by atoms with Crippen molar-refractivity contribution >= 4 is 17.3 Å². The van der Waals surface area contributed by atoms with Gasteiger partial charge in [-0.25, -0.2) is 4.52 Å². The highest BCUT2D eigenvalue weighted by Crippen LogP contribution is 2.27. The Kier molecular flexibility index (Phi) is 1.69. The van der Waals surface area contributed by atoms with Gasteiger partial charge in [-0.3, -0.25) is 0 Å². The minimum Gasteiger partial charge on any atom is -0.505 e. The summed E-state index contributed by atoms with van der Waals surface area (Å²) in [6.45, 7) is 0. The molecular weight excluding hydrogens is 172 g/mol. The van der Waals surface area contributed by atoms with Crippen LogP contribution in [0.2, 0.25) is 0 Å². The number of hydrogen-bond acceptors (Lipinski definition) is 3. The van der Waals surface area contributed by atoms with Crippen molar-refractivity contribution in [2.75, 3.05) is 6.26 Å². The minimum absolute atomic E-state index is 0.277. The van der Waals surface area contributed by atoms with Crippen molar-refractivity contribution < 1.29 is 5.11 Å². The van der Waals surface area contributed by atoms with Gasteiger partial charge >= 0.3 is 0 Å². The summed E-state index contributed by atoms with van der Waals surface area (Å²) in [5, 5.41) is 13.4. The maximum atomic E-state index is 9.45. The van der Waals surface area contributed by atoms with Gasteiger partial charge in [-0.2, -0.15) is 5.10 Å². The number of pyridine rings is 1. The van der Waals surface area contributed by atoms with Gasteiger partial charge in [0.1, 0.15) is 5.75 Å². The van der Waals surface area contributed by atoms with Crippen LogP contribution in [0.4, 0.5) is 0 Å². The molecule has 2 heterocycles. The third-order valence-corrected chi connectivity index (χ3v) is 2.46. The minimum atomic E-state index is 0.277. The molecule has 0 amide bonds. The zero-order chi connectivity index (χ0) is 8.55. The fraction of sp³-hybridized carbons (Fsp3) is 0.125. The first-order valence-corrected chi connectivity index (χ1v) is 4.74. The van der Waals surface area contributed by atoms with Gasteiger partial charge in [0, 0.05) is 6.20 Å². The van der Waals surface area contributed by atoms with Crippen LogP contribution < -0.4 is 0 Å². The van der Waals surface area contributed by atoms with Crippen molar-refractivity contribution in [3.8, 4) is 5.75 Å². The Morgan fingerprint density at radius 3 is 3.17 bits per heavy atom. The average Bonchev–Trinajstić information content (AvgIpc) is 2.49. The first-order valence-electron chi connectivity index (χ1n) is 3.51. The summed E-state index contributed by atoms with van der Waals surface area (Å²) in [5.41, 5.74) is 0.997. The standard InChI is InChI=1S/C8H8N2OS/c1-12-8-4-6-2-3-9-10(6)5-7(8)11/h2-5,11H,1H3. The molecule has 3 nitrogen and oxygen atoms in total. The lowest BCUT2D eigenvalue weighted by atomic mass is 10.4. The molecule has 0 atom stereocenters. The molecule has 0 saturated carbocycles. The van der Waals surface area contributed by atoms with Gasteiger partial charge in [0.25, 0.3) is 0 Å². The van der Waals surface area contributed by atoms with Crippen LogP contribution in [0.25, 0.3) is 5.52 Å². The molecule has 12 heavy (non-hydrogen) atoms. The SMILES string of the molecule is CSc1cc2ccnn2cc1O. The molecule has 0 bridgehead atoms. The molecule has 4 heteroatoms. The summed E-state index contributed by atoms with van der Waals surface area (Å²) < 4.78 is 1.65. The number of fused-ring (bicyclic) bond motifs is 1.